The number of para-hydroxylation sites is 1. The molecule has 1 saturated carbocycles. The molecule has 3 nitrogen and oxygen atoms in total. The van der Waals surface area contributed by atoms with Gasteiger partial charge < -0.3 is 5.32 Å². The number of anilines is 1. The number of nitrogens with zero attached hydrogens (tertiary/aromatic N) is 2. The van der Waals surface area contributed by atoms with Crippen LogP contribution in [0.2, 0.25) is 5.28 Å². The fraction of sp³-hybridized carbons (Fsp3) is 0.500. The Hall–Kier alpha value is -1.35. The van der Waals surface area contributed by atoms with Crippen molar-refractivity contribution in [3.05, 3.63) is 29.5 Å². The Morgan fingerprint density at radius 1 is 1.10 bits per heavy atom. The van der Waals surface area contributed by atoms with Crippen molar-refractivity contribution in [3.63, 3.8) is 0 Å². The lowest BCUT2D eigenvalue weighted by molar-refractivity contribution is 0.456. The summed E-state index contributed by atoms with van der Waals surface area (Å²) in [6.45, 7) is 2.33. The first-order valence-corrected chi connectivity index (χ1v) is 7.80. The highest BCUT2D eigenvalue weighted by Gasteiger charge is 2.21. The van der Waals surface area contributed by atoms with Crippen LogP contribution in [0.25, 0.3) is 10.9 Å². The predicted octanol–water partition coefficient (Wildman–Crippen LogP) is 4.66. The molecule has 0 spiro atoms. The van der Waals surface area contributed by atoms with Crippen molar-refractivity contribution in [1.29, 1.82) is 0 Å². The number of hydrogen-bond donors (Lipinski definition) is 1. The summed E-state index contributed by atoms with van der Waals surface area (Å²) in [5.74, 6) is 1.55. The van der Waals surface area contributed by atoms with Gasteiger partial charge in [-0.15, -0.1) is 0 Å². The van der Waals surface area contributed by atoms with Crippen LogP contribution in [0.1, 0.15) is 39.0 Å². The zero-order valence-electron chi connectivity index (χ0n) is 11.8. The molecular weight excluding hydrogens is 270 g/mol. The second-order valence-electron chi connectivity index (χ2n) is 5.72. The van der Waals surface area contributed by atoms with Crippen LogP contribution in [0.5, 0.6) is 0 Å². The van der Waals surface area contributed by atoms with E-state index in [-0.39, 0.29) is 0 Å². The van der Waals surface area contributed by atoms with E-state index in [0.29, 0.717) is 17.2 Å². The Balaban J connectivity index is 1.93. The van der Waals surface area contributed by atoms with Gasteiger partial charge in [-0.05, 0) is 42.5 Å². The van der Waals surface area contributed by atoms with E-state index >= 15 is 0 Å². The highest BCUT2D eigenvalue weighted by Crippen LogP contribution is 2.28. The lowest BCUT2D eigenvalue weighted by Gasteiger charge is -2.24. The minimum absolute atomic E-state index is 0.312. The summed E-state index contributed by atoms with van der Waals surface area (Å²) in [5.41, 5.74) is 0.899. The number of rotatable bonds is 2. The Morgan fingerprint density at radius 3 is 2.80 bits per heavy atom. The smallest absolute Gasteiger partial charge is 0.224 e. The summed E-state index contributed by atoms with van der Waals surface area (Å²) < 4.78 is 0. The number of nitrogens with one attached hydrogen (secondary N) is 1. The first-order chi connectivity index (χ1) is 9.74. The molecule has 106 valence electrons. The fourth-order valence-corrected chi connectivity index (χ4v) is 3.22. The topological polar surface area (TPSA) is 37.8 Å². The van der Waals surface area contributed by atoms with E-state index in [1.54, 1.807) is 0 Å². The number of fused-ring (bicyclic) bond motifs is 1. The maximum Gasteiger partial charge on any atom is 0.224 e. The molecule has 0 bridgehead atoms. The van der Waals surface area contributed by atoms with Crippen LogP contribution in [-0.2, 0) is 0 Å². The summed E-state index contributed by atoms with van der Waals surface area (Å²) >= 11 is 6.05. The molecule has 2 atom stereocenters. The standard InChI is InChI=1S/C16H20ClN3/c1-11-7-3-2-4-9-13(11)18-15-12-8-5-6-10-14(12)19-16(17)20-15/h5-6,8,10-11,13H,2-4,7,9H2,1H3,(H,18,19,20). The van der Waals surface area contributed by atoms with E-state index in [0.717, 1.165) is 16.7 Å². The summed E-state index contributed by atoms with van der Waals surface area (Å²) in [7, 11) is 0. The van der Waals surface area contributed by atoms with Gasteiger partial charge in [-0.2, -0.15) is 0 Å². The first-order valence-electron chi connectivity index (χ1n) is 7.43. The van der Waals surface area contributed by atoms with Crippen molar-refractivity contribution < 1.29 is 0 Å². The van der Waals surface area contributed by atoms with Crippen LogP contribution in [0.3, 0.4) is 0 Å². The molecule has 20 heavy (non-hydrogen) atoms. The molecule has 0 aliphatic heterocycles. The average molecular weight is 290 g/mol. The molecule has 1 aromatic carbocycles. The molecule has 0 amide bonds. The third kappa shape index (κ3) is 2.88. The zero-order valence-corrected chi connectivity index (χ0v) is 12.5. The van der Waals surface area contributed by atoms with E-state index in [1.807, 2.05) is 18.2 Å². The van der Waals surface area contributed by atoms with Crippen molar-refractivity contribution in [3.8, 4) is 0 Å². The van der Waals surface area contributed by atoms with Crippen LogP contribution in [0, 0.1) is 5.92 Å². The second-order valence-corrected chi connectivity index (χ2v) is 6.06. The SMILES string of the molecule is CC1CCCCCC1Nc1nc(Cl)nc2ccccc12. The molecule has 1 N–H and O–H groups in total. The minimum Gasteiger partial charge on any atom is -0.366 e. The van der Waals surface area contributed by atoms with Gasteiger partial charge in [0.05, 0.1) is 5.52 Å². The number of halogens is 1. The molecule has 1 aliphatic carbocycles. The van der Waals surface area contributed by atoms with E-state index in [1.165, 1.54) is 32.1 Å². The number of benzene rings is 1. The quantitative estimate of drug-likeness (QED) is 0.645. The monoisotopic (exact) mass is 289 g/mol. The molecule has 1 aliphatic rings. The third-order valence-corrected chi connectivity index (χ3v) is 4.43. The van der Waals surface area contributed by atoms with Crippen LogP contribution < -0.4 is 5.32 Å². The average Bonchev–Trinajstić information content (AvgIpc) is 2.64. The fourth-order valence-electron chi connectivity index (χ4n) is 3.04. The summed E-state index contributed by atoms with van der Waals surface area (Å²) in [4.78, 5) is 8.68. The molecule has 1 fully saturated rings. The molecule has 1 aromatic heterocycles. The summed E-state index contributed by atoms with van der Waals surface area (Å²) in [6.07, 6.45) is 6.46. The van der Waals surface area contributed by atoms with Crippen LogP contribution in [0.15, 0.2) is 24.3 Å². The predicted molar refractivity (Wildman–Crippen MR) is 84.2 cm³/mol. The Labute approximate surface area is 124 Å². The van der Waals surface area contributed by atoms with E-state index in [2.05, 4.69) is 28.3 Å². The van der Waals surface area contributed by atoms with E-state index < -0.39 is 0 Å². The molecule has 3 rings (SSSR count). The van der Waals surface area contributed by atoms with Crippen LogP contribution in [-0.4, -0.2) is 16.0 Å². The maximum absolute atomic E-state index is 6.05. The van der Waals surface area contributed by atoms with Gasteiger partial charge in [-0.25, -0.2) is 9.97 Å². The van der Waals surface area contributed by atoms with Gasteiger partial charge >= 0.3 is 0 Å². The van der Waals surface area contributed by atoms with Gasteiger partial charge in [0.1, 0.15) is 5.82 Å². The van der Waals surface area contributed by atoms with Crippen molar-refractivity contribution in [1.82, 2.24) is 9.97 Å². The van der Waals surface area contributed by atoms with Crippen LogP contribution >= 0.6 is 11.6 Å². The summed E-state index contributed by atoms with van der Waals surface area (Å²) in [5, 5.41) is 4.98. The number of aromatic nitrogens is 2. The molecule has 1 heterocycles. The zero-order chi connectivity index (χ0) is 13.9. The van der Waals surface area contributed by atoms with Crippen molar-refractivity contribution in [2.45, 2.75) is 45.1 Å². The van der Waals surface area contributed by atoms with Crippen LogP contribution in [0.4, 0.5) is 5.82 Å². The Kier molecular flexibility index (Phi) is 4.06. The highest BCUT2D eigenvalue weighted by atomic mass is 35.5. The largest absolute Gasteiger partial charge is 0.366 e. The molecule has 2 unspecified atom stereocenters. The van der Waals surface area contributed by atoms with Gasteiger partial charge in [0.25, 0.3) is 0 Å². The Morgan fingerprint density at radius 2 is 1.90 bits per heavy atom. The van der Waals surface area contributed by atoms with Gasteiger partial charge in [-0.3, -0.25) is 0 Å². The molecule has 2 aromatic rings. The van der Waals surface area contributed by atoms with Crippen molar-refractivity contribution >= 4 is 28.3 Å². The van der Waals surface area contributed by atoms with Crippen molar-refractivity contribution in [2.24, 2.45) is 5.92 Å². The molecule has 4 heteroatoms. The molecule has 0 radical (unpaired) electrons. The van der Waals surface area contributed by atoms with E-state index in [9.17, 15) is 0 Å². The first kappa shape index (κ1) is 13.6. The highest BCUT2D eigenvalue weighted by molar-refractivity contribution is 6.28. The summed E-state index contributed by atoms with van der Waals surface area (Å²) in [6, 6.07) is 8.50. The molecular formula is C16H20ClN3. The van der Waals surface area contributed by atoms with Gasteiger partial charge in [0.15, 0.2) is 0 Å². The normalized spacial score (nSPS) is 23.5. The van der Waals surface area contributed by atoms with Gasteiger partial charge in [-0.1, -0.05) is 38.3 Å². The molecule has 0 saturated heterocycles. The lowest BCUT2D eigenvalue weighted by atomic mass is 9.97. The number of hydrogen-bond acceptors (Lipinski definition) is 3. The van der Waals surface area contributed by atoms with Gasteiger partial charge in [0.2, 0.25) is 5.28 Å². The third-order valence-electron chi connectivity index (χ3n) is 4.26. The minimum atomic E-state index is 0.312. The van der Waals surface area contributed by atoms with Crippen molar-refractivity contribution in [2.75, 3.05) is 5.32 Å². The lowest BCUT2D eigenvalue weighted by Crippen LogP contribution is -2.26. The Bertz CT molecular complexity index is 599. The van der Waals surface area contributed by atoms with E-state index in [4.69, 9.17) is 11.6 Å². The second kappa shape index (κ2) is 5.96. The maximum atomic E-state index is 6.05. The van der Waals surface area contributed by atoms with Gasteiger partial charge in [0, 0.05) is 11.4 Å².